The van der Waals surface area contributed by atoms with Gasteiger partial charge in [-0.15, -0.1) is 0 Å². The molecule has 3 N–H and O–H groups in total. The van der Waals surface area contributed by atoms with Crippen LogP contribution in [-0.4, -0.2) is 24.3 Å². The Morgan fingerprint density at radius 3 is 2.50 bits per heavy atom. The molecule has 1 rings (SSSR count). The molecule has 0 aliphatic heterocycles. The van der Waals surface area contributed by atoms with Crippen LogP contribution in [0.4, 0.5) is 0 Å². The summed E-state index contributed by atoms with van der Waals surface area (Å²) in [5.74, 6) is 0.0543. The van der Waals surface area contributed by atoms with Crippen molar-refractivity contribution in [2.24, 2.45) is 10.9 Å². The lowest BCUT2D eigenvalue weighted by Crippen LogP contribution is -2.13. The molecule has 6 heteroatoms. The van der Waals surface area contributed by atoms with Crippen LogP contribution in [0.15, 0.2) is 29.4 Å². The highest BCUT2D eigenvalue weighted by molar-refractivity contribution is 7.58. The molecule has 2 unspecified atom stereocenters. The van der Waals surface area contributed by atoms with Crippen LogP contribution in [0.5, 0.6) is 0 Å². The third kappa shape index (κ3) is 3.34. The monoisotopic (exact) mass is 270 g/mol. The molecule has 0 saturated heterocycles. The average Bonchev–Trinajstić information content (AvgIpc) is 2.37. The molecule has 100 valence electrons. The number of hydrogen-bond donors (Lipinski definition) is 2. The van der Waals surface area contributed by atoms with Gasteiger partial charge in [-0.1, -0.05) is 29.4 Å². The Labute approximate surface area is 107 Å². The highest BCUT2D eigenvalue weighted by Crippen LogP contribution is 2.56. The van der Waals surface area contributed by atoms with Crippen LogP contribution in [-0.2, 0) is 9.09 Å². The van der Waals surface area contributed by atoms with E-state index in [1.54, 1.807) is 18.8 Å². The molecule has 0 radical (unpaired) electrons. The molecule has 5 nitrogen and oxygen atoms in total. The van der Waals surface area contributed by atoms with Crippen LogP contribution in [0.3, 0.4) is 0 Å². The number of benzene rings is 1. The lowest BCUT2D eigenvalue weighted by Gasteiger charge is -2.20. The van der Waals surface area contributed by atoms with Crippen molar-refractivity contribution in [3.63, 3.8) is 0 Å². The van der Waals surface area contributed by atoms with Crippen molar-refractivity contribution >= 4 is 13.2 Å². The first-order chi connectivity index (χ1) is 8.42. The first kappa shape index (κ1) is 14.7. The smallest absolute Gasteiger partial charge is 0.207 e. The normalized spacial score (nSPS) is 17.2. The summed E-state index contributed by atoms with van der Waals surface area (Å²) >= 11 is 0. The Morgan fingerprint density at radius 1 is 1.50 bits per heavy atom. The first-order valence-corrected chi connectivity index (χ1v) is 7.86. The van der Waals surface area contributed by atoms with Crippen LogP contribution in [0.25, 0.3) is 0 Å². The Balaban J connectivity index is 2.95. The molecule has 0 amide bonds. The van der Waals surface area contributed by atoms with Gasteiger partial charge in [-0.25, -0.2) is 0 Å². The number of nitrogens with zero attached hydrogens (tertiary/aromatic N) is 1. The number of hydrogen-bond acceptors (Lipinski definition) is 4. The molecular weight excluding hydrogens is 251 g/mol. The molecule has 1 aromatic carbocycles. The van der Waals surface area contributed by atoms with E-state index in [1.807, 2.05) is 26.0 Å². The zero-order valence-corrected chi connectivity index (χ0v) is 11.7. The molecule has 1 aromatic rings. The second kappa shape index (κ2) is 6.03. The molecule has 0 fully saturated rings. The van der Waals surface area contributed by atoms with Crippen LogP contribution >= 0.6 is 7.37 Å². The van der Waals surface area contributed by atoms with Crippen molar-refractivity contribution in [1.82, 2.24) is 0 Å². The largest absolute Gasteiger partial charge is 0.409 e. The minimum Gasteiger partial charge on any atom is -0.409 e. The molecule has 0 aliphatic rings. The minimum atomic E-state index is -2.66. The van der Waals surface area contributed by atoms with Gasteiger partial charge in [-0.2, -0.15) is 0 Å². The predicted molar refractivity (Wildman–Crippen MR) is 72.5 cm³/mol. The lowest BCUT2D eigenvalue weighted by molar-refractivity contribution is 0.318. The minimum absolute atomic E-state index is 0.0543. The van der Waals surface area contributed by atoms with Crippen LogP contribution in [0.1, 0.15) is 30.6 Å². The van der Waals surface area contributed by atoms with Crippen molar-refractivity contribution in [3.8, 4) is 0 Å². The SMILES string of the molecule is CCOP(C)(=O)C(C)c1ccc(C(N)=NO)cc1. The summed E-state index contributed by atoms with van der Waals surface area (Å²) in [6, 6.07) is 7.08. The van der Waals surface area contributed by atoms with Crippen LogP contribution < -0.4 is 5.73 Å². The number of rotatable bonds is 5. The van der Waals surface area contributed by atoms with Crippen LogP contribution in [0, 0.1) is 0 Å². The predicted octanol–water partition coefficient (Wildman–Crippen LogP) is 2.79. The fourth-order valence-corrected chi connectivity index (χ4v) is 3.08. The Hall–Kier alpha value is -1.32. The number of nitrogens with two attached hydrogens (primary N) is 1. The van der Waals surface area contributed by atoms with Gasteiger partial charge in [0, 0.05) is 12.2 Å². The maximum Gasteiger partial charge on any atom is 0.207 e. The van der Waals surface area contributed by atoms with Crippen molar-refractivity contribution in [3.05, 3.63) is 35.4 Å². The molecule has 18 heavy (non-hydrogen) atoms. The fraction of sp³-hybridized carbons (Fsp3) is 0.417. The van der Waals surface area contributed by atoms with E-state index in [-0.39, 0.29) is 11.5 Å². The number of amidine groups is 1. The second-order valence-electron chi connectivity index (χ2n) is 4.11. The topological polar surface area (TPSA) is 84.9 Å². The summed E-state index contributed by atoms with van der Waals surface area (Å²) in [5, 5.41) is 11.5. The summed E-state index contributed by atoms with van der Waals surface area (Å²) < 4.78 is 17.6. The van der Waals surface area contributed by atoms with Gasteiger partial charge in [-0.3, -0.25) is 4.57 Å². The van der Waals surface area contributed by atoms with Crippen molar-refractivity contribution in [2.75, 3.05) is 13.3 Å². The summed E-state index contributed by atoms with van der Waals surface area (Å²) in [4.78, 5) is 0. The first-order valence-electron chi connectivity index (χ1n) is 5.72. The maximum absolute atomic E-state index is 12.3. The van der Waals surface area contributed by atoms with Crippen molar-refractivity contribution in [1.29, 1.82) is 0 Å². The van der Waals surface area contributed by atoms with E-state index in [1.165, 1.54) is 0 Å². The van der Waals surface area contributed by atoms with E-state index in [2.05, 4.69) is 5.16 Å². The molecule has 0 bridgehead atoms. The lowest BCUT2D eigenvalue weighted by atomic mass is 10.1. The summed E-state index contributed by atoms with van der Waals surface area (Å²) in [6.45, 7) is 5.76. The molecule has 0 spiro atoms. The zero-order valence-electron chi connectivity index (χ0n) is 10.8. The van der Waals surface area contributed by atoms with Gasteiger partial charge in [0.1, 0.15) is 0 Å². The number of oxime groups is 1. The van der Waals surface area contributed by atoms with Gasteiger partial charge in [0.2, 0.25) is 7.37 Å². The van der Waals surface area contributed by atoms with Gasteiger partial charge in [0.15, 0.2) is 5.84 Å². The summed E-state index contributed by atoms with van der Waals surface area (Å²) in [7, 11) is -2.66. The Bertz CT molecular complexity index is 471. The fourth-order valence-electron chi connectivity index (χ4n) is 1.63. The van der Waals surface area contributed by atoms with E-state index in [0.29, 0.717) is 12.2 Å². The van der Waals surface area contributed by atoms with Gasteiger partial charge in [-0.05, 0) is 19.4 Å². The molecule has 0 saturated carbocycles. The van der Waals surface area contributed by atoms with Gasteiger partial charge >= 0.3 is 0 Å². The maximum atomic E-state index is 12.3. The second-order valence-corrected chi connectivity index (χ2v) is 6.96. The van der Waals surface area contributed by atoms with E-state index in [0.717, 1.165) is 5.56 Å². The van der Waals surface area contributed by atoms with Gasteiger partial charge in [0.05, 0.1) is 12.3 Å². The summed E-state index contributed by atoms with van der Waals surface area (Å²) in [6.07, 6.45) is 0. The summed E-state index contributed by atoms with van der Waals surface area (Å²) in [5.41, 5.74) is 6.82. The van der Waals surface area contributed by atoms with E-state index < -0.39 is 7.37 Å². The average molecular weight is 270 g/mol. The standard InChI is InChI=1S/C12H19N2O3P/c1-4-17-18(3,16)9(2)10-5-7-11(8-6-10)12(13)14-15/h5-9,15H,4H2,1-3H3,(H2,13,14). The van der Waals surface area contributed by atoms with Crippen molar-refractivity contribution in [2.45, 2.75) is 19.5 Å². The van der Waals surface area contributed by atoms with E-state index in [4.69, 9.17) is 15.5 Å². The molecule has 0 aromatic heterocycles. The Morgan fingerprint density at radius 2 is 2.06 bits per heavy atom. The highest BCUT2D eigenvalue weighted by atomic mass is 31.2. The molecule has 2 atom stereocenters. The molecular formula is C12H19N2O3P. The highest BCUT2D eigenvalue weighted by Gasteiger charge is 2.25. The van der Waals surface area contributed by atoms with Gasteiger partial charge < -0.3 is 15.5 Å². The molecule has 0 heterocycles. The third-order valence-electron chi connectivity index (χ3n) is 2.89. The van der Waals surface area contributed by atoms with Crippen LogP contribution in [0.2, 0.25) is 0 Å². The Kier molecular flexibility index (Phi) is 4.93. The zero-order chi connectivity index (χ0) is 13.8. The van der Waals surface area contributed by atoms with Crippen molar-refractivity contribution < 1.29 is 14.3 Å². The molecule has 0 aliphatic carbocycles. The van der Waals surface area contributed by atoms with E-state index in [9.17, 15) is 4.57 Å². The quantitative estimate of drug-likeness (QED) is 0.283. The van der Waals surface area contributed by atoms with Gasteiger partial charge in [0.25, 0.3) is 0 Å². The third-order valence-corrected chi connectivity index (χ3v) is 5.36. The van der Waals surface area contributed by atoms with E-state index >= 15 is 0 Å².